The van der Waals surface area contributed by atoms with Crippen molar-refractivity contribution in [2.45, 2.75) is 44.6 Å². The predicted molar refractivity (Wildman–Crippen MR) is 117 cm³/mol. The van der Waals surface area contributed by atoms with E-state index in [0.717, 1.165) is 20.8 Å². The highest BCUT2D eigenvalue weighted by atomic mass is 32.1. The molecule has 1 fully saturated rings. The van der Waals surface area contributed by atoms with Gasteiger partial charge in [0.1, 0.15) is 11.4 Å². The van der Waals surface area contributed by atoms with E-state index in [0.29, 0.717) is 56.5 Å². The lowest BCUT2D eigenvalue weighted by Crippen LogP contribution is -2.52. The molecule has 154 valence electrons. The molecule has 0 bridgehead atoms. The lowest BCUT2D eigenvalue weighted by Gasteiger charge is -2.44. The number of aromatic nitrogens is 1. The number of para-hydroxylation sites is 1. The van der Waals surface area contributed by atoms with E-state index >= 15 is 0 Å². The van der Waals surface area contributed by atoms with E-state index in [1.54, 1.807) is 11.3 Å². The Kier molecular flexibility index (Phi) is 4.82. The van der Waals surface area contributed by atoms with Gasteiger partial charge in [-0.3, -0.25) is 9.59 Å². The summed E-state index contributed by atoms with van der Waals surface area (Å²) in [6.07, 6.45) is 2.92. The van der Waals surface area contributed by atoms with Crippen LogP contribution in [-0.2, 0) is 11.2 Å². The maximum atomic E-state index is 12.8. The Hall–Kier alpha value is -2.73. The van der Waals surface area contributed by atoms with Crippen LogP contribution in [0.2, 0.25) is 0 Å². The first-order valence-corrected chi connectivity index (χ1v) is 11.3. The van der Waals surface area contributed by atoms with Crippen LogP contribution in [0.3, 0.4) is 0 Å². The molecule has 0 atom stereocenters. The number of thiazole rings is 1. The molecule has 1 amide bonds. The molecule has 1 spiro atoms. The lowest BCUT2D eigenvalue weighted by molar-refractivity contribution is -0.134. The van der Waals surface area contributed by atoms with Crippen molar-refractivity contribution in [2.24, 2.45) is 0 Å². The largest absolute Gasteiger partial charge is 0.486 e. The number of aryl methyl sites for hydroxylation is 2. The van der Waals surface area contributed by atoms with Crippen LogP contribution in [0.15, 0.2) is 42.5 Å². The number of carbonyl (C=O) groups is 2. The Morgan fingerprint density at radius 1 is 1.20 bits per heavy atom. The summed E-state index contributed by atoms with van der Waals surface area (Å²) in [5.74, 6) is 0.991. The zero-order valence-corrected chi connectivity index (χ0v) is 17.8. The van der Waals surface area contributed by atoms with Crippen molar-refractivity contribution >= 4 is 33.2 Å². The number of amides is 1. The van der Waals surface area contributed by atoms with Crippen molar-refractivity contribution in [3.05, 3.63) is 58.6 Å². The first-order chi connectivity index (χ1) is 14.5. The zero-order chi connectivity index (χ0) is 20.7. The molecule has 3 aromatic rings. The number of fused-ring (bicyclic) bond motifs is 2. The molecule has 2 aliphatic rings. The number of piperidine rings is 1. The van der Waals surface area contributed by atoms with Gasteiger partial charge in [0.2, 0.25) is 5.91 Å². The van der Waals surface area contributed by atoms with Crippen molar-refractivity contribution in [3.63, 3.8) is 0 Å². The summed E-state index contributed by atoms with van der Waals surface area (Å²) < 4.78 is 7.47. The minimum Gasteiger partial charge on any atom is -0.486 e. The van der Waals surface area contributed by atoms with Gasteiger partial charge in [-0.15, -0.1) is 11.3 Å². The second kappa shape index (κ2) is 7.51. The first-order valence-electron chi connectivity index (χ1n) is 10.5. The summed E-state index contributed by atoms with van der Waals surface area (Å²) in [6, 6.07) is 13.9. The average molecular weight is 421 g/mol. The molecule has 0 radical (unpaired) electrons. The number of likely N-dealkylation sites (tertiary alicyclic amines) is 1. The van der Waals surface area contributed by atoms with Gasteiger partial charge in [-0.1, -0.05) is 23.8 Å². The highest BCUT2D eigenvalue weighted by Crippen LogP contribution is 2.39. The molecule has 3 heterocycles. The highest BCUT2D eigenvalue weighted by Gasteiger charge is 2.43. The second-order valence-electron chi connectivity index (χ2n) is 8.34. The number of hydrogen-bond donors (Lipinski definition) is 0. The molecule has 2 aromatic carbocycles. The fraction of sp³-hybridized carbons (Fsp3) is 0.375. The summed E-state index contributed by atoms with van der Waals surface area (Å²) in [7, 11) is 0. The summed E-state index contributed by atoms with van der Waals surface area (Å²) >= 11 is 1.66. The van der Waals surface area contributed by atoms with Gasteiger partial charge in [0.15, 0.2) is 5.78 Å². The number of nitrogens with zero attached hydrogens (tertiary/aromatic N) is 2. The van der Waals surface area contributed by atoms with E-state index < -0.39 is 5.60 Å². The summed E-state index contributed by atoms with van der Waals surface area (Å²) in [6.45, 7) is 3.25. The van der Waals surface area contributed by atoms with E-state index in [1.807, 2.05) is 48.2 Å². The molecule has 2 aliphatic heterocycles. The van der Waals surface area contributed by atoms with Crippen LogP contribution in [0.1, 0.15) is 46.6 Å². The van der Waals surface area contributed by atoms with E-state index in [2.05, 4.69) is 11.1 Å². The molecular weight excluding hydrogens is 396 g/mol. The van der Waals surface area contributed by atoms with Gasteiger partial charge in [0, 0.05) is 38.8 Å². The maximum Gasteiger partial charge on any atom is 0.222 e. The van der Waals surface area contributed by atoms with Crippen LogP contribution < -0.4 is 4.74 Å². The molecule has 1 saturated heterocycles. The number of hydrogen-bond acceptors (Lipinski definition) is 5. The normalized spacial score (nSPS) is 17.8. The standard InChI is InChI=1S/C24H24N2O3S/c1-16-6-7-20-17(14-16)19(27)15-24(29-20)10-12-26(13-11-24)23(28)9-8-22-25-18-4-2-3-5-21(18)30-22/h2-7,14H,8-13,15H2,1H3. The van der Waals surface area contributed by atoms with Crippen LogP contribution in [0, 0.1) is 6.92 Å². The molecular formula is C24H24N2O3S. The van der Waals surface area contributed by atoms with E-state index in [4.69, 9.17) is 4.74 Å². The zero-order valence-electron chi connectivity index (χ0n) is 17.0. The molecule has 0 aliphatic carbocycles. The van der Waals surface area contributed by atoms with Gasteiger partial charge in [0.05, 0.1) is 27.2 Å². The van der Waals surface area contributed by atoms with Gasteiger partial charge in [-0.2, -0.15) is 0 Å². The fourth-order valence-corrected chi connectivity index (χ4v) is 5.42. The van der Waals surface area contributed by atoms with Gasteiger partial charge in [0.25, 0.3) is 0 Å². The molecule has 30 heavy (non-hydrogen) atoms. The third-order valence-electron chi connectivity index (χ3n) is 6.16. The van der Waals surface area contributed by atoms with Crippen molar-refractivity contribution < 1.29 is 14.3 Å². The van der Waals surface area contributed by atoms with Crippen LogP contribution in [0.5, 0.6) is 5.75 Å². The third kappa shape index (κ3) is 3.60. The molecule has 0 unspecified atom stereocenters. The summed E-state index contributed by atoms with van der Waals surface area (Å²) in [4.78, 5) is 32.0. The van der Waals surface area contributed by atoms with Crippen molar-refractivity contribution in [1.29, 1.82) is 0 Å². The molecule has 0 N–H and O–H groups in total. The van der Waals surface area contributed by atoms with Gasteiger partial charge in [-0.05, 0) is 31.2 Å². The fourth-order valence-electron chi connectivity index (χ4n) is 4.45. The number of ketones is 1. The maximum absolute atomic E-state index is 12.8. The molecule has 0 saturated carbocycles. The Labute approximate surface area is 179 Å². The Morgan fingerprint density at radius 3 is 2.80 bits per heavy atom. The minimum absolute atomic E-state index is 0.149. The van der Waals surface area contributed by atoms with Crippen LogP contribution in [0.4, 0.5) is 0 Å². The SMILES string of the molecule is Cc1ccc2c(c1)C(=O)CC1(CCN(C(=O)CCc3nc4ccccc4s3)CC1)O2. The monoisotopic (exact) mass is 420 g/mol. The van der Waals surface area contributed by atoms with Crippen LogP contribution >= 0.6 is 11.3 Å². The van der Waals surface area contributed by atoms with Crippen molar-refractivity contribution in [1.82, 2.24) is 9.88 Å². The molecule has 1 aromatic heterocycles. The summed E-state index contributed by atoms with van der Waals surface area (Å²) in [5.41, 5.74) is 2.29. The lowest BCUT2D eigenvalue weighted by atomic mass is 9.82. The third-order valence-corrected chi connectivity index (χ3v) is 7.26. The smallest absolute Gasteiger partial charge is 0.222 e. The quantitative estimate of drug-likeness (QED) is 0.623. The Balaban J connectivity index is 1.20. The molecule has 5 rings (SSSR count). The molecule has 5 nitrogen and oxygen atoms in total. The topological polar surface area (TPSA) is 59.5 Å². The van der Waals surface area contributed by atoms with E-state index in [-0.39, 0.29) is 11.7 Å². The average Bonchev–Trinajstić information content (AvgIpc) is 3.16. The molecule has 6 heteroatoms. The predicted octanol–water partition coefficient (Wildman–Crippen LogP) is 4.56. The number of carbonyl (C=O) groups excluding carboxylic acids is 2. The Bertz CT molecular complexity index is 1100. The van der Waals surface area contributed by atoms with Crippen LogP contribution in [0.25, 0.3) is 10.2 Å². The first kappa shape index (κ1) is 19.2. The number of benzene rings is 2. The van der Waals surface area contributed by atoms with E-state index in [9.17, 15) is 9.59 Å². The number of rotatable bonds is 3. The van der Waals surface area contributed by atoms with Gasteiger partial charge >= 0.3 is 0 Å². The van der Waals surface area contributed by atoms with Crippen molar-refractivity contribution in [2.75, 3.05) is 13.1 Å². The van der Waals surface area contributed by atoms with E-state index in [1.165, 1.54) is 0 Å². The summed E-state index contributed by atoms with van der Waals surface area (Å²) in [5, 5.41) is 1.01. The Morgan fingerprint density at radius 2 is 2.00 bits per heavy atom. The van der Waals surface area contributed by atoms with Crippen LogP contribution in [-0.4, -0.2) is 40.3 Å². The van der Waals surface area contributed by atoms with Gasteiger partial charge in [-0.25, -0.2) is 4.98 Å². The second-order valence-corrected chi connectivity index (χ2v) is 9.46. The number of Topliss-reactive ketones (excluding diaryl/α,β-unsaturated/α-hetero) is 1. The van der Waals surface area contributed by atoms with Crippen molar-refractivity contribution in [3.8, 4) is 5.75 Å². The minimum atomic E-state index is -0.469. The van der Waals surface area contributed by atoms with Gasteiger partial charge < -0.3 is 9.64 Å². The highest BCUT2D eigenvalue weighted by molar-refractivity contribution is 7.18. The number of ether oxygens (including phenoxy) is 1.